The summed E-state index contributed by atoms with van der Waals surface area (Å²) in [6.07, 6.45) is 0. The molecule has 2 aromatic rings. The van der Waals surface area contributed by atoms with E-state index in [0.29, 0.717) is 22.8 Å². The highest BCUT2D eigenvalue weighted by Crippen LogP contribution is 2.28. The van der Waals surface area contributed by atoms with Crippen LogP contribution in [0, 0.1) is 20.8 Å². The van der Waals surface area contributed by atoms with Crippen molar-refractivity contribution in [2.24, 2.45) is 0 Å². The van der Waals surface area contributed by atoms with E-state index in [9.17, 15) is 13.2 Å². The Morgan fingerprint density at radius 2 is 1.67 bits per heavy atom. The van der Waals surface area contributed by atoms with Gasteiger partial charge in [-0.3, -0.25) is 4.79 Å². The molecule has 0 aliphatic carbocycles. The molecule has 1 aromatic heterocycles. The van der Waals surface area contributed by atoms with Gasteiger partial charge in [0, 0.05) is 33.1 Å². The second-order valence-electron chi connectivity index (χ2n) is 6.41. The van der Waals surface area contributed by atoms with Gasteiger partial charge in [-0.25, -0.2) is 8.42 Å². The lowest BCUT2D eigenvalue weighted by molar-refractivity contribution is 0.0656. The van der Waals surface area contributed by atoms with E-state index in [1.807, 2.05) is 0 Å². The van der Waals surface area contributed by atoms with Gasteiger partial charge in [-0.05, 0) is 37.1 Å². The Labute approximate surface area is 158 Å². The van der Waals surface area contributed by atoms with Crippen LogP contribution in [-0.2, 0) is 10.0 Å². The van der Waals surface area contributed by atoms with Crippen LogP contribution in [0.1, 0.15) is 27.7 Å². The quantitative estimate of drug-likeness (QED) is 0.766. The molecule has 2 heterocycles. The summed E-state index contributed by atoms with van der Waals surface area (Å²) >= 11 is 0. The molecule has 1 amide bonds. The average molecular weight is 394 g/mol. The molecule has 1 aliphatic rings. The molecule has 1 saturated heterocycles. The fraction of sp³-hybridized carbons (Fsp3) is 0.471. The summed E-state index contributed by atoms with van der Waals surface area (Å²) in [4.78, 5) is 14.2. The van der Waals surface area contributed by atoms with Gasteiger partial charge in [0.1, 0.15) is 5.75 Å². The van der Waals surface area contributed by atoms with Crippen LogP contribution in [0.3, 0.4) is 0 Å². The maximum Gasteiger partial charge on any atom is 0.311 e. The maximum absolute atomic E-state index is 13.1. The van der Waals surface area contributed by atoms with Gasteiger partial charge in [0.2, 0.25) is 15.9 Å². The number of sulfonamides is 1. The molecule has 27 heavy (non-hydrogen) atoms. The predicted octanol–water partition coefficient (Wildman–Crippen LogP) is 1.15. The van der Waals surface area contributed by atoms with E-state index in [-0.39, 0.29) is 42.9 Å². The van der Waals surface area contributed by atoms with Crippen molar-refractivity contribution in [3.63, 3.8) is 0 Å². The van der Waals surface area contributed by atoms with Crippen molar-refractivity contribution in [2.45, 2.75) is 25.7 Å². The standard InChI is InChI=1S/C17H22N4O5S/c1-11-9-14(25-4)10-12(2)15(11)27(23,24)21-7-5-20(6-8-21)17(22)16-19-18-13(3)26-16/h9-10H,5-8H2,1-4H3. The number of carbonyl (C=O) groups is 1. The van der Waals surface area contributed by atoms with Crippen molar-refractivity contribution in [3.8, 4) is 5.75 Å². The summed E-state index contributed by atoms with van der Waals surface area (Å²) in [6, 6.07) is 3.41. The topological polar surface area (TPSA) is 106 Å². The van der Waals surface area contributed by atoms with Crippen LogP contribution < -0.4 is 4.74 Å². The lowest BCUT2D eigenvalue weighted by atomic mass is 10.1. The minimum Gasteiger partial charge on any atom is -0.497 e. The first-order valence-electron chi connectivity index (χ1n) is 8.49. The van der Waals surface area contributed by atoms with Gasteiger partial charge in [0.15, 0.2) is 0 Å². The lowest BCUT2D eigenvalue weighted by Gasteiger charge is -2.33. The molecule has 146 valence electrons. The van der Waals surface area contributed by atoms with Crippen LogP contribution in [0.25, 0.3) is 0 Å². The van der Waals surface area contributed by atoms with Crippen molar-refractivity contribution in [3.05, 3.63) is 35.0 Å². The molecule has 0 spiro atoms. The molecular weight excluding hydrogens is 372 g/mol. The number of aryl methyl sites for hydroxylation is 3. The molecule has 10 heteroatoms. The summed E-state index contributed by atoms with van der Waals surface area (Å²) < 4.78 is 38.0. The lowest BCUT2D eigenvalue weighted by Crippen LogP contribution is -2.50. The number of ether oxygens (including phenoxy) is 1. The van der Waals surface area contributed by atoms with Crippen molar-refractivity contribution in [1.29, 1.82) is 0 Å². The number of carbonyl (C=O) groups excluding carboxylic acids is 1. The number of nitrogens with zero attached hydrogens (tertiary/aromatic N) is 4. The number of hydrogen-bond acceptors (Lipinski definition) is 7. The van der Waals surface area contributed by atoms with Crippen LogP contribution in [0.2, 0.25) is 0 Å². The maximum atomic E-state index is 13.1. The van der Waals surface area contributed by atoms with Gasteiger partial charge in [-0.2, -0.15) is 4.31 Å². The SMILES string of the molecule is COc1cc(C)c(S(=O)(=O)N2CCN(C(=O)c3nnc(C)o3)CC2)c(C)c1. The van der Waals surface area contributed by atoms with Gasteiger partial charge in [-0.15, -0.1) is 10.2 Å². The first-order valence-corrected chi connectivity index (χ1v) is 9.93. The number of rotatable bonds is 4. The van der Waals surface area contributed by atoms with Crippen LogP contribution in [0.4, 0.5) is 0 Å². The van der Waals surface area contributed by atoms with E-state index >= 15 is 0 Å². The van der Waals surface area contributed by atoms with Crippen LogP contribution in [-0.4, -0.2) is 67.0 Å². The summed E-state index contributed by atoms with van der Waals surface area (Å²) in [6.45, 7) is 6.02. The number of amides is 1. The van der Waals surface area contributed by atoms with E-state index in [0.717, 1.165) is 0 Å². The zero-order valence-corrected chi connectivity index (χ0v) is 16.5. The molecular formula is C17H22N4O5S. The third kappa shape index (κ3) is 3.67. The highest BCUT2D eigenvalue weighted by Gasteiger charge is 2.33. The third-order valence-corrected chi connectivity index (χ3v) is 6.71. The predicted molar refractivity (Wildman–Crippen MR) is 96.2 cm³/mol. The van der Waals surface area contributed by atoms with E-state index < -0.39 is 10.0 Å². The number of piperazine rings is 1. The van der Waals surface area contributed by atoms with Crippen LogP contribution in [0.15, 0.2) is 21.4 Å². The molecule has 0 saturated carbocycles. The molecule has 1 fully saturated rings. The summed E-state index contributed by atoms with van der Waals surface area (Å²) in [5, 5.41) is 7.37. The summed E-state index contributed by atoms with van der Waals surface area (Å²) in [5.74, 6) is 0.467. The third-order valence-electron chi connectivity index (χ3n) is 4.50. The van der Waals surface area contributed by atoms with E-state index in [2.05, 4.69) is 10.2 Å². The number of methoxy groups -OCH3 is 1. The molecule has 0 bridgehead atoms. The molecule has 1 aromatic carbocycles. The van der Waals surface area contributed by atoms with E-state index in [1.54, 1.807) is 40.0 Å². The van der Waals surface area contributed by atoms with Gasteiger partial charge >= 0.3 is 11.8 Å². The molecule has 0 unspecified atom stereocenters. The summed E-state index contributed by atoms with van der Waals surface area (Å²) in [5.41, 5.74) is 1.26. The Bertz CT molecular complexity index is 938. The fourth-order valence-corrected chi connectivity index (χ4v) is 5.05. The van der Waals surface area contributed by atoms with Crippen molar-refractivity contribution >= 4 is 15.9 Å². The van der Waals surface area contributed by atoms with E-state index in [1.165, 1.54) is 9.21 Å². The van der Waals surface area contributed by atoms with Gasteiger partial charge < -0.3 is 14.1 Å². The minimum absolute atomic E-state index is 0.0781. The number of aromatic nitrogens is 2. The van der Waals surface area contributed by atoms with Crippen LogP contribution in [0.5, 0.6) is 5.75 Å². The van der Waals surface area contributed by atoms with Gasteiger partial charge in [0.05, 0.1) is 12.0 Å². The zero-order valence-electron chi connectivity index (χ0n) is 15.7. The van der Waals surface area contributed by atoms with Crippen molar-refractivity contribution < 1.29 is 22.4 Å². The first-order chi connectivity index (χ1) is 12.7. The molecule has 9 nitrogen and oxygen atoms in total. The highest BCUT2D eigenvalue weighted by molar-refractivity contribution is 7.89. The normalized spacial score (nSPS) is 15.8. The Kier molecular flexibility index (Phi) is 5.20. The number of hydrogen-bond donors (Lipinski definition) is 0. The Morgan fingerprint density at radius 1 is 1.07 bits per heavy atom. The molecule has 1 aliphatic heterocycles. The van der Waals surface area contributed by atoms with E-state index in [4.69, 9.17) is 9.15 Å². The van der Waals surface area contributed by atoms with Gasteiger partial charge in [0.25, 0.3) is 0 Å². The largest absolute Gasteiger partial charge is 0.497 e. The zero-order chi connectivity index (χ0) is 19.8. The van der Waals surface area contributed by atoms with Gasteiger partial charge in [-0.1, -0.05) is 0 Å². The monoisotopic (exact) mass is 394 g/mol. The Morgan fingerprint density at radius 3 is 2.15 bits per heavy atom. The Hall–Kier alpha value is -2.46. The molecule has 3 rings (SSSR count). The second-order valence-corrected chi connectivity index (χ2v) is 8.29. The first kappa shape index (κ1) is 19.3. The highest BCUT2D eigenvalue weighted by atomic mass is 32.2. The average Bonchev–Trinajstić information content (AvgIpc) is 3.06. The molecule has 0 radical (unpaired) electrons. The van der Waals surface area contributed by atoms with Crippen LogP contribution >= 0.6 is 0 Å². The summed E-state index contributed by atoms with van der Waals surface area (Å²) in [7, 11) is -2.12. The molecule has 0 atom stereocenters. The second kappa shape index (κ2) is 7.28. The number of benzene rings is 1. The van der Waals surface area contributed by atoms with Crippen molar-refractivity contribution in [1.82, 2.24) is 19.4 Å². The molecule has 0 N–H and O–H groups in total. The fourth-order valence-electron chi connectivity index (χ4n) is 3.21. The minimum atomic E-state index is -3.67. The Balaban J connectivity index is 1.76. The van der Waals surface area contributed by atoms with Crippen molar-refractivity contribution in [2.75, 3.05) is 33.3 Å². The smallest absolute Gasteiger partial charge is 0.311 e.